The third-order valence-electron chi connectivity index (χ3n) is 9.43. The van der Waals surface area contributed by atoms with E-state index in [2.05, 4.69) is 82.5 Å². The van der Waals surface area contributed by atoms with E-state index >= 15 is 0 Å². The molecule has 1 aromatic carbocycles. The van der Waals surface area contributed by atoms with Crippen molar-refractivity contribution < 1.29 is 14.0 Å². The molecule has 5 rings (SSSR count). The fraction of sp³-hybridized carbons (Fsp3) is 0.559. The van der Waals surface area contributed by atoms with Crippen LogP contribution in [0.2, 0.25) is 43.8 Å². The van der Waals surface area contributed by atoms with Crippen LogP contribution in [-0.4, -0.2) is 89.0 Å². The van der Waals surface area contributed by atoms with Crippen molar-refractivity contribution in [1.82, 2.24) is 34.3 Å². The lowest BCUT2D eigenvalue weighted by Gasteiger charge is -2.36. The van der Waals surface area contributed by atoms with Crippen molar-refractivity contribution in [1.29, 1.82) is 0 Å². The minimum Gasteiger partial charge on any atom is -0.415 e. The standard InChI is InChI=1S/C34H52N8O3Si2/c1-25(2)29-22-39(17-18-45-47(9,10)34(3,4)5)33(43)42(29)30-15-16-41-32(37-30)28(21-36-41)26-11-13-27(14-12-26)31-35-23-40(38-31)24-44-19-20-46(6,7)8/h11-16,21,23,25,29H,17-20,22,24H2,1-10H3/t29-/m1/s1. The summed E-state index contributed by atoms with van der Waals surface area (Å²) >= 11 is 0. The van der Waals surface area contributed by atoms with E-state index in [-0.39, 0.29) is 23.0 Å². The molecule has 0 bridgehead atoms. The summed E-state index contributed by atoms with van der Waals surface area (Å²) in [4.78, 5) is 27.1. The van der Waals surface area contributed by atoms with Crippen molar-refractivity contribution in [3.63, 3.8) is 0 Å². The monoisotopic (exact) mass is 676 g/mol. The van der Waals surface area contributed by atoms with Crippen LogP contribution in [-0.2, 0) is 15.9 Å². The van der Waals surface area contributed by atoms with E-state index < -0.39 is 16.4 Å². The number of carbonyl (C=O) groups is 1. The first-order chi connectivity index (χ1) is 22.0. The average molecular weight is 677 g/mol. The number of fused-ring (bicyclic) bond motifs is 1. The quantitative estimate of drug-likeness (QED) is 0.109. The predicted molar refractivity (Wildman–Crippen MR) is 193 cm³/mol. The summed E-state index contributed by atoms with van der Waals surface area (Å²) in [6.45, 7) is 25.4. The van der Waals surface area contributed by atoms with Crippen LogP contribution in [0, 0.1) is 5.92 Å². The molecule has 0 unspecified atom stereocenters. The fourth-order valence-corrected chi connectivity index (χ4v) is 7.08. The molecule has 1 fully saturated rings. The van der Waals surface area contributed by atoms with E-state index in [1.165, 1.54) is 0 Å². The minimum absolute atomic E-state index is 0.00836. The molecule has 1 atom stereocenters. The Balaban J connectivity index is 1.30. The number of aromatic nitrogens is 6. The van der Waals surface area contributed by atoms with Crippen LogP contribution in [0.4, 0.5) is 10.6 Å². The molecule has 1 saturated heterocycles. The number of anilines is 1. The highest BCUT2D eigenvalue weighted by Gasteiger charge is 2.41. The van der Waals surface area contributed by atoms with E-state index in [1.807, 2.05) is 52.5 Å². The van der Waals surface area contributed by atoms with Crippen molar-refractivity contribution >= 4 is 33.9 Å². The molecule has 1 aliphatic rings. The molecule has 0 aliphatic carbocycles. The Bertz CT molecular complexity index is 1670. The van der Waals surface area contributed by atoms with Crippen LogP contribution in [0.1, 0.15) is 34.6 Å². The van der Waals surface area contributed by atoms with Gasteiger partial charge in [0, 0.05) is 45.1 Å². The number of urea groups is 1. The molecule has 47 heavy (non-hydrogen) atoms. The Morgan fingerprint density at radius 2 is 1.70 bits per heavy atom. The van der Waals surface area contributed by atoms with Gasteiger partial charge in [0.2, 0.25) is 0 Å². The first-order valence-electron chi connectivity index (χ1n) is 16.7. The third kappa shape index (κ3) is 8.02. The van der Waals surface area contributed by atoms with Crippen LogP contribution in [0.15, 0.2) is 49.1 Å². The highest BCUT2D eigenvalue weighted by Crippen LogP contribution is 2.37. The van der Waals surface area contributed by atoms with E-state index in [9.17, 15) is 4.79 Å². The summed E-state index contributed by atoms with van der Waals surface area (Å²) in [5, 5.41) is 9.28. The average Bonchev–Trinajstić information content (AvgIpc) is 3.72. The molecule has 3 aromatic heterocycles. The molecular formula is C34H52N8O3Si2. The molecule has 0 saturated carbocycles. The molecule has 0 spiro atoms. The Hall–Kier alpha value is -3.40. The Morgan fingerprint density at radius 3 is 2.36 bits per heavy atom. The number of benzene rings is 1. The second-order valence-electron chi connectivity index (χ2n) is 15.7. The molecule has 2 amide bonds. The van der Waals surface area contributed by atoms with Crippen molar-refractivity contribution in [2.45, 2.75) is 91.2 Å². The number of hydrogen-bond acceptors (Lipinski definition) is 7. The summed E-state index contributed by atoms with van der Waals surface area (Å²) in [5.74, 6) is 1.54. The van der Waals surface area contributed by atoms with Crippen LogP contribution in [0.3, 0.4) is 0 Å². The second-order valence-corrected chi connectivity index (χ2v) is 26.1. The lowest BCUT2D eigenvalue weighted by molar-refractivity contribution is 0.0785. The van der Waals surface area contributed by atoms with E-state index in [0.717, 1.165) is 29.3 Å². The lowest BCUT2D eigenvalue weighted by Crippen LogP contribution is -2.43. The zero-order valence-electron chi connectivity index (χ0n) is 29.8. The number of rotatable bonds is 13. The highest BCUT2D eigenvalue weighted by atomic mass is 28.4. The van der Waals surface area contributed by atoms with Gasteiger partial charge in [0.05, 0.1) is 18.8 Å². The number of amides is 2. The smallest absolute Gasteiger partial charge is 0.326 e. The first-order valence-corrected chi connectivity index (χ1v) is 23.3. The van der Waals surface area contributed by atoms with Gasteiger partial charge in [0.25, 0.3) is 0 Å². The molecule has 13 heteroatoms. The van der Waals surface area contributed by atoms with Crippen molar-refractivity contribution in [2.75, 3.05) is 31.2 Å². The lowest BCUT2D eigenvalue weighted by atomic mass is 10.0. The number of carbonyl (C=O) groups excluding carboxylic acids is 1. The highest BCUT2D eigenvalue weighted by molar-refractivity contribution is 6.76. The van der Waals surface area contributed by atoms with Gasteiger partial charge >= 0.3 is 6.03 Å². The molecule has 4 heterocycles. The minimum atomic E-state index is -1.90. The Morgan fingerprint density at radius 1 is 1.00 bits per heavy atom. The van der Waals surface area contributed by atoms with Gasteiger partial charge in [-0.15, -0.1) is 5.10 Å². The van der Waals surface area contributed by atoms with E-state index in [0.29, 0.717) is 43.7 Å². The molecule has 11 nitrogen and oxygen atoms in total. The van der Waals surface area contributed by atoms with Gasteiger partial charge < -0.3 is 14.1 Å². The molecular weight excluding hydrogens is 625 g/mol. The van der Waals surface area contributed by atoms with E-state index in [1.54, 1.807) is 15.5 Å². The maximum absolute atomic E-state index is 13.8. The zero-order valence-corrected chi connectivity index (χ0v) is 31.8. The third-order valence-corrected chi connectivity index (χ3v) is 15.7. The van der Waals surface area contributed by atoms with Gasteiger partial charge in [-0.1, -0.05) is 78.5 Å². The fourth-order valence-electron chi connectivity index (χ4n) is 5.29. The maximum atomic E-state index is 13.8. The van der Waals surface area contributed by atoms with Gasteiger partial charge in [0.1, 0.15) is 18.9 Å². The topological polar surface area (TPSA) is 103 Å². The Kier molecular flexibility index (Phi) is 10.1. The van der Waals surface area contributed by atoms with Crippen molar-refractivity contribution in [3.8, 4) is 22.5 Å². The van der Waals surface area contributed by atoms with Gasteiger partial charge in [-0.25, -0.2) is 24.0 Å². The summed E-state index contributed by atoms with van der Waals surface area (Å²) in [5.41, 5.74) is 3.48. The van der Waals surface area contributed by atoms with Crippen molar-refractivity contribution in [3.05, 3.63) is 49.1 Å². The van der Waals surface area contributed by atoms with Gasteiger partial charge in [-0.2, -0.15) is 5.10 Å². The number of nitrogens with zero attached hydrogens (tertiary/aromatic N) is 8. The van der Waals surface area contributed by atoms with Gasteiger partial charge in [-0.05, 0) is 41.7 Å². The first kappa shape index (κ1) is 34.9. The van der Waals surface area contributed by atoms with Crippen molar-refractivity contribution in [2.24, 2.45) is 5.92 Å². The van der Waals surface area contributed by atoms with Gasteiger partial charge in [0.15, 0.2) is 19.8 Å². The number of hydrogen-bond donors (Lipinski definition) is 0. The summed E-state index contributed by atoms with van der Waals surface area (Å²) in [6.07, 6.45) is 5.41. The molecule has 0 radical (unpaired) electrons. The van der Waals surface area contributed by atoms with Crippen LogP contribution in [0.5, 0.6) is 0 Å². The largest absolute Gasteiger partial charge is 0.415 e. The molecule has 254 valence electrons. The van der Waals surface area contributed by atoms with Crippen LogP contribution >= 0.6 is 0 Å². The predicted octanol–water partition coefficient (Wildman–Crippen LogP) is 7.26. The molecule has 0 N–H and O–H groups in total. The SMILES string of the molecule is CC(C)[C@H]1CN(CCO[Si](C)(C)C(C)(C)C)C(=O)N1c1ccn2ncc(-c3ccc(-c4ncn(COCC[Si](C)(C)C)n4)cc3)c2n1. The van der Waals surface area contributed by atoms with E-state index in [4.69, 9.17) is 14.1 Å². The second kappa shape index (κ2) is 13.6. The molecule has 1 aliphatic heterocycles. The summed E-state index contributed by atoms with van der Waals surface area (Å²) < 4.78 is 15.7. The summed E-state index contributed by atoms with van der Waals surface area (Å²) in [7, 11) is -3.03. The van der Waals surface area contributed by atoms with Crippen LogP contribution in [0.25, 0.3) is 28.2 Å². The van der Waals surface area contributed by atoms with Gasteiger partial charge in [-0.3, -0.25) is 4.90 Å². The Labute approximate surface area is 281 Å². The number of ether oxygens (including phenoxy) is 1. The maximum Gasteiger partial charge on any atom is 0.326 e. The van der Waals surface area contributed by atoms with Crippen LogP contribution < -0.4 is 4.90 Å². The zero-order chi connectivity index (χ0) is 34.1. The summed E-state index contributed by atoms with van der Waals surface area (Å²) in [6, 6.07) is 11.1. The normalized spacial score (nSPS) is 16.3. The molecule has 4 aromatic rings.